The molecule has 0 saturated heterocycles. The largest absolute Gasteiger partial charge is 0.208 e. The molecule has 0 saturated carbocycles. The van der Waals surface area contributed by atoms with Gasteiger partial charge in [-0.25, -0.2) is 15.0 Å². The number of hydrogen-bond donors (Lipinski definition) is 0. The van der Waals surface area contributed by atoms with Crippen molar-refractivity contribution in [1.29, 1.82) is 0 Å². The molecule has 0 aliphatic carbocycles. The summed E-state index contributed by atoms with van der Waals surface area (Å²) in [6.45, 7) is 0. The molecule has 0 bridgehead atoms. The molecule has 0 N–H and O–H groups in total. The summed E-state index contributed by atoms with van der Waals surface area (Å²) < 4.78 is 0. The normalized spacial score (nSPS) is 11.1. The van der Waals surface area contributed by atoms with Crippen LogP contribution in [0.1, 0.15) is 22.3 Å². The molecule has 0 fully saturated rings. The van der Waals surface area contributed by atoms with Crippen molar-refractivity contribution in [2.75, 3.05) is 0 Å². The molecular weight excluding hydrogens is 703 g/mol. The van der Waals surface area contributed by atoms with Crippen LogP contribution in [0, 0.1) is 0 Å². The highest BCUT2D eigenvalue weighted by Crippen LogP contribution is 2.45. The molecule has 1 aromatic heterocycles. The zero-order valence-electron chi connectivity index (χ0n) is 31.7. The summed E-state index contributed by atoms with van der Waals surface area (Å²) in [4.78, 5) is 15.5. The lowest BCUT2D eigenvalue weighted by Gasteiger charge is -2.20. The predicted octanol–water partition coefficient (Wildman–Crippen LogP) is 13.9. The van der Waals surface area contributed by atoms with E-state index in [1.807, 2.05) is 36.4 Å². The minimum Gasteiger partial charge on any atom is -0.208 e. The first-order chi connectivity index (χ1) is 28.8. The molecule has 10 rings (SSSR count). The van der Waals surface area contributed by atoms with E-state index in [-0.39, 0.29) is 0 Å². The molecule has 9 aromatic carbocycles. The first-order valence-electron chi connectivity index (χ1n) is 19.6. The van der Waals surface area contributed by atoms with Gasteiger partial charge in [0.2, 0.25) is 0 Å². The van der Waals surface area contributed by atoms with Gasteiger partial charge in [0, 0.05) is 16.7 Å². The Morgan fingerprint density at radius 3 is 0.983 bits per heavy atom. The Hall–Kier alpha value is -7.75. The second-order valence-corrected chi connectivity index (χ2v) is 14.3. The quantitative estimate of drug-likeness (QED) is 0.115. The Kier molecular flexibility index (Phi) is 9.23. The molecule has 3 nitrogen and oxygen atoms in total. The standard InChI is InChI=1S/C55H37N3/c1-6-21-38(22-7-1)49(39-23-8-2-9-24-39)50(40-25-10-3-11-26-40)43-31-20-32-44(37-43)51-45-33-16-18-35-47(45)52(48-36-19-17-34-46(48)51)55-57-53(41-27-12-4-13-28-41)56-54(58-55)42-29-14-5-15-30-42/h1-37H. The fourth-order valence-electron chi connectivity index (χ4n) is 8.16. The zero-order valence-corrected chi connectivity index (χ0v) is 31.7. The molecule has 272 valence electrons. The Labute approximate surface area is 338 Å². The maximum atomic E-state index is 5.22. The molecule has 0 spiro atoms. The smallest absolute Gasteiger partial charge is 0.165 e. The SMILES string of the molecule is c1ccc(C(=C(c2ccccc2)c2cccc(-c3c4ccccc4c(-c4nc(-c5ccccc5)nc(-c5ccccc5)n4)c4ccccc34)c2)c2ccccc2)cc1. The van der Waals surface area contributed by atoms with Crippen LogP contribution in [0.25, 0.3) is 78.0 Å². The van der Waals surface area contributed by atoms with Crippen molar-refractivity contribution in [3.63, 3.8) is 0 Å². The predicted molar refractivity (Wildman–Crippen MR) is 241 cm³/mol. The van der Waals surface area contributed by atoms with Gasteiger partial charge < -0.3 is 0 Å². The van der Waals surface area contributed by atoms with E-state index >= 15 is 0 Å². The van der Waals surface area contributed by atoms with Crippen LogP contribution in [-0.4, -0.2) is 15.0 Å². The van der Waals surface area contributed by atoms with Crippen molar-refractivity contribution in [3.05, 3.63) is 247 Å². The molecule has 10 aromatic rings. The first kappa shape index (κ1) is 34.7. The van der Waals surface area contributed by atoms with Gasteiger partial charge in [0.1, 0.15) is 0 Å². The Bertz CT molecular complexity index is 2910. The van der Waals surface area contributed by atoms with Crippen LogP contribution >= 0.6 is 0 Å². The van der Waals surface area contributed by atoms with Gasteiger partial charge in [-0.3, -0.25) is 0 Å². The topological polar surface area (TPSA) is 38.7 Å². The second kappa shape index (κ2) is 15.4. The Morgan fingerprint density at radius 2 is 0.552 bits per heavy atom. The van der Waals surface area contributed by atoms with E-state index in [1.54, 1.807) is 0 Å². The van der Waals surface area contributed by atoms with E-state index in [2.05, 4.69) is 188 Å². The lowest BCUT2D eigenvalue weighted by Crippen LogP contribution is -2.01. The van der Waals surface area contributed by atoms with E-state index in [0.29, 0.717) is 17.5 Å². The van der Waals surface area contributed by atoms with Crippen LogP contribution in [-0.2, 0) is 0 Å². The minimum absolute atomic E-state index is 0.641. The molecule has 0 aliphatic rings. The molecule has 0 amide bonds. The van der Waals surface area contributed by atoms with Gasteiger partial charge in [0.25, 0.3) is 0 Å². The van der Waals surface area contributed by atoms with E-state index < -0.39 is 0 Å². The van der Waals surface area contributed by atoms with E-state index in [9.17, 15) is 0 Å². The van der Waals surface area contributed by atoms with Crippen molar-refractivity contribution < 1.29 is 0 Å². The molecule has 0 aliphatic heterocycles. The van der Waals surface area contributed by atoms with E-state index in [1.165, 1.54) is 27.8 Å². The van der Waals surface area contributed by atoms with E-state index in [0.717, 1.165) is 54.9 Å². The summed E-state index contributed by atoms with van der Waals surface area (Å²) >= 11 is 0. The third kappa shape index (κ3) is 6.55. The summed E-state index contributed by atoms with van der Waals surface area (Å²) in [5.41, 5.74) is 12.2. The highest BCUT2D eigenvalue weighted by atomic mass is 15.0. The van der Waals surface area contributed by atoms with Crippen molar-refractivity contribution in [1.82, 2.24) is 15.0 Å². The number of fused-ring (bicyclic) bond motifs is 2. The maximum absolute atomic E-state index is 5.22. The van der Waals surface area contributed by atoms with Gasteiger partial charge in [0.15, 0.2) is 17.5 Å². The number of rotatable bonds is 8. The van der Waals surface area contributed by atoms with Crippen LogP contribution in [0.5, 0.6) is 0 Å². The highest BCUT2D eigenvalue weighted by molar-refractivity contribution is 6.21. The lowest BCUT2D eigenvalue weighted by atomic mass is 9.83. The summed E-state index contributed by atoms with van der Waals surface area (Å²) in [5, 5.41) is 4.43. The molecule has 0 radical (unpaired) electrons. The van der Waals surface area contributed by atoms with Crippen LogP contribution in [0.3, 0.4) is 0 Å². The van der Waals surface area contributed by atoms with Gasteiger partial charge in [-0.15, -0.1) is 0 Å². The van der Waals surface area contributed by atoms with Gasteiger partial charge in [-0.2, -0.15) is 0 Å². The molecule has 1 heterocycles. The third-order valence-corrected chi connectivity index (χ3v) is 10.7. The summed E-state index contributed by atoms with van der Waals surface area (Å²) in [5.74, 6) is 1.93. The summed E-state index contributed by atoms with van der Waals surface area (Å²) in [6, 6.07) is 79.0. The van der Waals surface area contributed by atoms with Crippen LogP contribution in [0.2, 0.25) is 0 Å². The van der Waals surface area contributed by atoms with Crippen molar-refractivity contribution in [3.8, 4) is 45.3 Å². The Morgan fingerprint density at radius 1 is 0.241 bits per heavy atom. The first-order valence-corrected chi connectivity index (χ1v) is 19.6. The average molecular weight is 740 g/mol. The van der Waals surface area contributed by atoms with Gasteiger partial charge >= 0.3 is 0 Å². The maximum Gasteiger partial charge on any atom is 0.165 e. The fraction of sp³-hybridized carbons (Fsp3) is 0. The van der Waals surface area contributed by atoms with Gasteiger partial charge in [0.05, 0.1) is 0 Å². The minimum atomic E-state index is 0.641. The molecular formula is C55H37N3. The number of benzene rings is 9. The van der Waals surface area contributed by atoms with Crippen LogP contribution in [0.15, 0.2) is 224 Å². The molecule has 0 atom stereocenters. The number of aromatic nitrogens is 3. The average Bonchev–Trinajstić information content (AvgIpc) is 3.31. The highest BCUT2D eigenvalue weighted by Gasteiger charge is 2.22. The van der Waals surface area contributed by atoms with Crippen molar-refractivity contribution >= 4 is 32.7 Å². The molecule has 58 heavy (non-hydrogen) atoms. The van der Waals surface area contributed by atoms with Crippen LogP contribution in [0.4, 0.5) is 0 Å². The third-order valence-electron chi connectivity index (χ3n) is 10.7. The lowest BCUT2D eigenvalue weighted by molar-refractivity contribution is 1.08. The number of nitrogens with zero attached hydrogens (tertiary/aromatic N) is 3. The molecule has 0 unspecified atom stereocenters. The fourth-order valence-corrected chi connectivity index (χ4v) is 8.16. The van der Waals surface area contributed by atoms with Crippen LogP contribution < -0.4 is 0 Å². The van der Waals surface area contributed by atoms with Crippen molar-refractivity contribution in [2.45, 2.75) is 0 Å². The zero-order chi connectivity index (χ0) is 38.7. The summed E-state index contributed by atoms with van der Waals surface area (Å²) in [6.07, 6.45) is 0. The van der Waals surface area contributed by atoms with Crippen molar-refractivity contribution in [2.24, 2.45) is 0 Å². The summed E-state index contributed by atoms with van der Waals surface area (Å²) in [7, 11) is 0. The Balaban J connectivity index is 1.24. The molecule has 3 heteroatoms. The van der Waals surface area contributed by atoms with Gasteiger partial charge in [-0.1, -0.05) is 218 Å². The monoisotopic (exact) mass is 739 g/mol. The van der Waals surface area contributed by atoms with E-state index in [4.69, 9.17) is 15.0 Å². The number of hydrogen-bond acceptors (Lipinski definition) is 3. The van der Waals surface area contributed by atoms with Gasteiger partial charge in [-0.05, 0) is 72.1 Å². The second-order valence-electron chi connectivity index (χ2n) is 14.3.